The van der Waals surface area contributed by atoms with E-state index in [0.29, 0.717) is 22.6 Å². The Bertz CT molecular complexity index is 1110. The lowest BCUT2D eigenvalue weighted by Gasteiger charge is -2.09. The van der Waals surface area contributed by atoms with Crippen molar-refractivity contribution in [3.8, 4) is 11.5 Å². The Morgan fingerprint density at radius 1 is 0.968 bits per heavy atom. The highest BCUT2D eigenvalue weighted by Crippen LogP contribution is 2.23. The minimum atomic E-state index is -0.500. The number of nitrogens with zero attached hydrogens (tertiary/aromatic N) is 1. The fourth-order valence-corrected chi connectivity index (χ4v) is 3.17. The number of para-hydroxylation sites is 1. The van der Waals surface area contributed by atoms with Gasteiger partial charge in [-0.1, -0.05) is 50.1 Å². The summed E-state index contributed by atoms with van der Waals surface area (Å²) in [5.41, 5.74) is 4.27. The van der Waals surface area contributed by atoms with Gasteiger partial charge >= 0.3 is 5.97 Å². The second-order valence-electron chi connectivity index (χ2n) is 6.43. The number of ether oxygens (including phenoxy) is 2. The van der Waals surface area contributed by atoms with E-state index in [1.807, 2.05) is 25.1 Å². The molecule has 1 amide bonds. The number of hydrogen-bond acceptors (Lipinski definition) is 5. The Kier molecular flexibility index (Phi) is 7.97. The van der Waals surface area contributed by atoms with E-state index in [1.54, 1.807) is 48.5 Å². The smallest absolute Gasteiger partial charge is 0.343 e. The zero-order valence-electron chi connectivity index (χ0n) is 16.5. The van der Waals surface area contributed by atoms with Gasteiger partial charge in [-0.2, -0.15) is 5.10 Å². The van der Waals surface area contributed by atoms with Gasteiger partial charge in [0.05, 0.1) is 11.8 Å². The average Bonchev–Trinajstić information content (AvgIpc) is 2.75. The van der Waals surface area contributed by atoms with E-state index in [-0.39, 0.29) is 6.61 Å². The number of nitrogens with one attached hydrogen (secondary N) is 1. The van der Waals surface area contributed by atoms with Crippen LogP contribution in [0.15, 0.2) is 80.8 Å². The zero-order valence-corrected chi connectivity index (χ0v) is 19.6. The molecule has 0 bridgehead atoms. The first kappa shape index (κ1) is 22.7. The number of benzene rings is 3. The Morgan fingerprint density at radius 2 is 1.68 bits per heavy atom. The number of rotatable bonds is 7. The van der Waals surface area contributed by atoms with Gasteiger partial charge in [-0.25, -0.2) is 10.2 Å². The van der Waals surface area contributed by atoms with Crippen LogP contribution in [0.4, 0.5) is 0 Å². The second kappa shape index (κ2) is 10.9. The normalized spacial score (nSPS) is 10.7. The van der Waals surface area contributed by atoms with E-state index >= 15 is 0 Å². The van der Waals surface area contributed by atoms with Crippen molar-refractivity contribution >= 4 is 50.0 Å². The molecule has 0 fully saturated rings. The van der Waals surface area contributed by atoms with E-state index in [0.717, 1.165) is 14.5 Å². The summed E-state index contributed by atoms with van der Waals surface area (Å²) in [4.78, 5) is 24.4. The van der Waals surface area contributed by atoms with Crippen LogP contribution in [-0.2, 0) is 4.79 Å². The molecule has 3 aromatic rings. The summed E-state index contributed by atoms with van der Waals surface area (Å²) in [7, 11) is 0. The molecule has 1 N–H and O–H groups in total. The van der Waals surface area contributed by atoms with Crippen LogP contribution in [0.3, 0.4) is 0 Å². The number of aryl methyl sites for hydroxylation is 1. The predicted octanol–water partition coefficient (Wildman–Crippen LogP) is 5.27. The standard InChI is InChI=1S/C23H18Br2N2O4/c1-15-4-2-3-5-20(15)30-14-22(28)27-26-13-17-12-19(25)10-11-21(17)31-23(29)16-6-8-18(24)9-7-16/h2-13H,14H2,1H3,(H,27,28)/b26-13-. The summed E-state index contributed by atoms with van der Waals surface area (Å²) in [5.74, 6) is 0.0316. The average molecular weight is 546 g/mol. The maximum Gasteiger partial charge on any atom is 0.343 e. The molecule has 0 saturated heterocycles. The van der Waals surface area contributed by atoms with E-state index in [2.05, 4.69) is 42.4 Å². The van der Waals surface area contributed by atoms with E-state index in [4.69, 9.17) is 9.47 Å². The van der Waals surface area contributed by atoms with Gasteiger partial charge in [-0.05, 0) is 61.0 Å². The van der Waals surface area contributed by atoms with Crippen molar-refractivity contribution in [1.82, 2.24) is 5.43 Å². The summed E-state index contributed by atoms with van der Waals surface area (Å²) in [5, 5.41) is 3.95. The van der Waals surface area contributed by atoms with Gasteiger partial charge in [0.1, 0.15) is 11.5 Å². The van der Waals surface area contributed by atoms with Crippen molar-refractivity contribution in [3.05, 3.63) is 92.4 Å². The van der Waals surface area contributed by atoms with Crippen LogP contribution in [0, 0.1) is 6.92 Å². The van der Waals surface area contributed by atoms with Crippen molar-refractivity contribution in [3.63, 3.8) is 0 Å². The molecule has 31 heavy (non-hydrogen) atoms. The second-order valence-corrected chi connectivity index (χ2v) is 8.26. The maximum absolute atomic E-state index is 12.4. The van der Waals surface area contributed by atoms with Crippen LogP contribution in [0.1, 0.15) is 21.5 Å². The van der Waals surface area contributed by atoms with Gasteiger partial charge in [-0.15, -0.1) is 0 Å². The number of hydrogen-bond donors (Lipinski definition) is 1. The Hall–Kier alpha value is -2.97. The Labute approximate surface area is 196 Å². The van der Waals surface area contributed by atoms with Crippen molar-refractivity contribution in [1.29, 1.82) is 0 Å². The monoisotopic (exact) mass is 544 g/mol. The molecular weight excluding hydrogens is 528 g/mol. The third-order valence-electron chi connectivity index (χ3n) is 4.10. The molecule has 0 aliphatic rings. The highest BCUT2D eigenvalue weighted by molar-refractivity contribution is 9.10. The van der Waals surface area contributed by atoms with Crippen LogP contribution in [-0.4, -0.2) is 24.7 Å². The Morgan fingerprint density at radius 3 is 2.42 bits per heavy atom. The topological polar surface area (TPSA) is 77.0 Å². The number of carbonyl (C=O) groups excluding carboxylic acids is 2. The van der Waals surface area contributed by atoms with Crippen molar-refractivity contribution in [2.45, 2.75) is 6.92 Å². The summed E-state index contributed by atoms with van der Waals surface area (Å²) in [6.07, 6.45) is 1.40. The molecule has 6 nitrogen and oxygen atoms in total. The molecule has 0 atom stereocenters. The molecule has 0 radical (unpaired) electrons. The highest BCUT2D eigenvalue weighted by atomic mass is 79.9. The highest BCUT2D eigenvalue weighted by Gasteiger charge is 2.12. The van der Waals surface area contributed by atoms with E-state index in [9.17, 15) is 9.59 Å². The number of hydrazone groups is 1. The van der Waals surface area contributed by atoms with Gasteiger partial charge < -0.3 is 9.47 Å². The molecule has 0 saturated carbocycles. The molecule has 0 heterocycles. The molecule has 0 aliphatic heterocycles. The van der Waals surface area contributed by atoms with Crippen LogP contribution in [0.25, 0.3) is 0 Å². The molecule has 0 unspecified atom stereocenters. The van der Waals surface area contributed by atoms with Crippen LogP contribution in [0.2, 0.25) is 0 Å². The van der Waals surface area contributed by atoms with Crippen LogP contribution in [0.5, 0.6) is 11.5 Å². The largest absolute Gasteiger partial charge is 0.483 e. The van der Waals surface area contributed by atoms with Crippen LogP contribution >= 0.6 is 31.9 Å². The minimum Gasteiger partial charge on any atom is -0.483 e. The van der Waals surface area contributed by atoms with E-state index < -0.39 is 11.9 Å². The first-order valence-corrected chi connectivity index (χ1v) is 10.8. The summed E-state index contributed by atoms with van der Waals surface area (Å²) in [6, 6.07) is 19.4. The number of carbonyl (C=O) groups is 2. The molecular formula is C23H18Br2N2O4. The lowest BCUT2D eigenvalue weighted by atomic mass is 10.2. The van der Waals surface area contributed by atoms with Crippen molar-refractivity contribution in [2.75, 3.05) is 6.61 Å². The van der Waals surface area contributed by atoms with E-state index in [1.165, 1.54) is 6.21 Å². The number of amides is 1. The predicted molar refractivity (Wildman–Crippen MR) is 126 cm³/mol. The molecule has 158 valence electrons. The molecule has 0 aliphatic carbocycles. The SMILES string of the molecule is Cc1ccccc1OCC(=O)N/N=C\c1cc(Br)ccc1OC(=O)c1ccc(Br)cc1. The minimum absolute atomic E-state index is 0.175. The van der Waals surface area contributed by atoms with Gasteiger partial charge in [0.15, 0.2) is 6.61 Å². The van der Waals surface area contributed by atoms with Crippen molar-refractivity contribution < 1.29 is 19.1 Å². The number of halogens is 2. The first-order chi connectivity index (χ1) is 14.9. The molecule has 0 spiro atoms. The first-order valence-electron chi connectivity index (χ1n) is 9.20. The van der Waals surface area contributed by atoms with Gasteiger partial charge in [-0.3, -0.25) is 4.79 Å². The quantitative estimate of drug-likeness (QED) is 0.190. The summed E-state index contributed by atoms with van der Waals surface area (Å²) in [6.45, 7) is 1.72. The van der Waals surface area contributed by atoms with Gasteiger partial charge in [0.2, 0.25) is 0 Å². The molecule has 3 aromatic carbocycles. The number of esters is 1. The zero-order chi connectivity index (χ0) is 22.2. The lowest BCUT2D eigenvalue weighted by molar-refractivity contribution is -0.123. The van der Waals surface area contributed by atoms with Crippen molar-refractivity contribution in [2.24, 2.45) is 5.10 Å². The maximum atomic E-state index is 12.4. The lowest BCUT2D eigenvalue weighted by Crippen LogP contribution is -2.24. The third kappa shape index (κ3) is 6.77. The van der Waals surface area contributed by atoms with Crippen LogP contribution < -0.4 is 14.9 Å². The fourth-order valence-electron chi connectivity index (χ4n) is 2.53. The Balaban J connectivity index is 1.62. The fraction of sp³-hybridized carbons (Fsp3) is 0.0870. The third-order valence-corrected chi connectivity index (χ3v) is 5.12. The summed E-state index contributed by atoms with van der Waals surface area (Å²) >= 11 is 6.71. The van der Waals surface area contributed by atoms with Gasteiger partial charge in [0.25, 0.3) is 5.91 Å². The summed E-state index contributed by atoms with van der Waals surface area (Å²) < 4.78 is 12.6. The molecule has 3 rings (SSSR count). The molecule has 0 aromatic heterocycles. The van der Waals surface area contributed by atoms with Gasteiger partial charge in [0, 0.05) is 14.5 Å². The molecule has 8 heteroatoms.